The molecule has 0 aliphatic carbocycles. The summed E-state index contributed by atoms with van der Waals surface area (Å²) in [6, 6.07) is 0. The molecule has 38 valence electrons. The van der Waals surface area contributed by atoms with Gasteiger partial charge in [0.15, 0.2) is 0 Å². The number of halogens is 4. The normalized spacial score (nSPS) is 6.00. The van der Waals surface area contributed by atoms with Crippen LogP contribution in [0.15, 0.2) is 0 Å². The Labute approximate surface area is 47.2 Å². The van der Waals surface area contributed by atoms with Gasteiger partial charge in [-0.25, -0.2) is 0 Å². The van der Waals surface area contributed by atoms with E-state index >= 15 is 0 Å². The van der Waals surface area contributed by atoms with Crippen LogP contribution < -0.4 is 0 Å². The van der Waals surface area contributed by atoms with Crippen molar-refractivity contribution in [3.05, 3.63) is 0 Å². The van der Waals surface area contributed by atoms with Crippen molar-refractivity contribution in [2.45, 2.75) is 0 Å². The van der Waals surface area contributed by atoms with Crippen LogP contribution in [0.4, 0.5) is 14.0 Å². The first kappa shape index (κ1) is 9.93. The molecule has 0 saturated heterocycles. The van der Waals surface area contributed by atoms with Crippen LogP contribution in [0.2, 0.25) is 0 Å². The first-order chi connectivity index (χ1) is 2.83. The minimum atomic E-state index is -2.69. The third-order valence-electron chi connectivity index (χ3n) is 0. The molecule has 6 heavy (non-hydrogen) atoms. The summed E-state index contributed by atoms with van der Waals surface area (Å²) in [5.74, 6) is 0. The van der Waals surface area contributed by atoms with Crippen molar-refractivity contribution in [2.24, 2.45) is 0 Å². The summed E-state index contributed by atoms with van der Waals surface area (Å²) in [5, 5.41) is 0. The molecule has 0 heterocycles. The average molecular weight is 223 g/mol. The second-order valence-electron chi connectivity index (χ2n) is 0.165. The van der Waals surface area contributed by atoms with E-state index < -0.39 is 32.7 Å². The van der Waals surface area contributed by atoms with Crippen LogP contribution in [0.25, 0.3) is 0 Å². The van der Waals surface area contributed by atoms with Crippen molar-refractivity contribution in [1.29, 1.82) is 0 Å². The molecule has 0 bridgehead atoms. The van der Waals surface area contributed by atoms with Gasteiger partial charge in [0, 0.05) is 0 Å². The van der Waals surface area contributed by atoms with E-state index in [1.807, 2.05) is 0 Å². The van der Waals surface area contributed by atoms with Crippen LogP contribution in [0.1, 0.15) is 0 Å². The summed E-state index contributed by atoms with van der Waals surface area (Å²) in [6.45, 7) is 0. The van der Waals surface area contributed by atoms with Crippen molar-refractivity contribution >= 4 is 32.7 Å². The van der Waals surface area contributed by atoms with Crippen LogP contribution in [-0.2, 0) is 0 Å². The van der Waals surface area contributed by atoms with E-state index in [0.29, 0.717) is 0 Å². The Morgan fingerprint density at radius 2 is 0.667 bits per heavy atom. The molecule has 0 aliphatic heterocycles. The number of hydrogen-bond acceptors (Lipinski definition) is 0. The zero-order valence-corrected chi connectivity index (χ0v) is 7.51. The van der Waals surface area contributed by atoms with E-state index in [-0.39, 0.29) is 0 Å². The van der Waals surface area contributed by atoms with Gasteiger partial charge in [-0.3, -0.25) is 0 Å². The Hall–Kier alpha value is 0.806. The third-order valence-corrected chi connectivity index (χ3v) is 0. The minimum absolute atomic E-state index is 2.69. The van der Waals surface area contributed by atoms with E-state index in [1.165, 1.54) is 0 Å². The van der Waals surface area contributed by atoms with Gasteiger partial charge in [0.25, 0.3) is 0 Å². The molecule has 0 nitrogen and oxygen atoms in total. The Kier molecular flexibility index (Phi) is 28.2. The summed E-state index contributed by atoms with van der Waals surface area (Å²) in [6.07, 6.45) is 0. The van der Waals surface area contributed by atoms with Crippen molar-refractivity contribution in [3.63, 3.8) is 0 Å². The van der Waals surface area contributed by atoms with Gasteiger partial charge in [0.2, 0.25) is 0 Å². The maximum absolute atomic E-state index is 9.78. The van der Waals surface area contributed by atoms with Crippen molar-refractivity contribution in [1.82, 2.24) is 0 Å². The predicted molar refractivity (Wildman–Crippen MR) is 18.7 cm³/mol. The molecular weight excluding hydrogens is 221 g/mol. The van der Waals surface area contributed by atoms with Crippen LogP contribution in [0, 0.1) is 0 Å². The maximum atomic E-state index is 9.78. The molecule has 0 rings (SSSR count). The molecule has 0 saturated carbocycles. The summed E-state index contributed by atoms with van der Waals surface area (Å²) in [5.41, 5.74) is 0. The molecule has 0 aromatic rings. The van der Waals surface area contributed by atoms with Crippen LogP contribution >= 0.6 is 0 Å². The fourth-order valence-electron chi connectivity index (χ4n) is 0. The number of rotatable bonds is 0. The topological polar surface area (TPSA) is 0 Å². The predicted octanol–water partition coefficient (Wildman–Crippen LogP) is 0.384. The van der Waals surface area contributed by atoms with Crippen LogP contribution in [-0.4, -0.2) is 32.7 Å². The van der Waals surface area contributed by atoms with E-state index in [0.717, 1.165) is 0 Å². The molecule has 2 radical (unpaired) electrons. The van der Waals surface area contributed by atoms with Gasteiger partial charge in [-0.05, 0) is 0 Å². The van der Waals surface area contributed by atoms with Gasteiger partial charge < -0.3 is 0 Å². The van der Waals surface area contributed by atoms with Gasteiger partial charge in [0.05, 0.1) is 0 Å². The third kappa shape index (κ3) is 107. The summed E-state index contributed by atoms with van der Waals surface area (Å²) >= 11 is -5.38. The molecule has 0 aromatic carbocycles. The number of hydrogen-bond donors (Lipinski definition) is 0. The fraction of sp³-hybridized carbons (Fsp3) is 0. The van der Waals surface area contributed by atoms with Gasteiger partial charge in [-0.2, -0.15) is 0 Å². The molecular formula is H2F4Ge2. The van der Waals surface area contributed by atoms with Crippen LogP contribution in [0.3, 0.4) is 0 Å². The zero-order valence-electron chi connectivity index (χ0n) is 2.67. The Balaban J connectivity index is 0. The standard InChI is InChI=1S/2F2GeH/c2*1-3-2/h2*3H. The Morgan fingerprint density at radius 3 is 0.667 bits per heavy atom. The first-order valence-corrected chi connectivity index (χ1v) is 4.54. The van der Waals surface area contributed by atoms with Crippen LogP contribution in [0.5, 0.6) is 0 Å². The molecule has 0 spiro atoms. The molecule has 0 fully saturated rings. The van der Waals surface area contributed by atoms with E-state index in [9.17, 15) is 14.0 Å². The van der Waals surface area contributed by atoms with E-state index in [4.69, 9.17) is 0 Å². The summed E-state index contributed by atoms with van der Waals surface area (Å²) < 4.78 is 39.1. The average Bonchev–Trinajstić information content (AvgIpc) is 1.39. The molecule has 0 unspecified atom stereocenters. The first-order valence-electron chi connectivity index (χ1n) is 0.873. The molecule has 6 heteroatoms. The van der Waals surface area contributed by atoms with E-state index in [2.05, 4.69) is 0 Å². The molecule has 0 aromatic heterocycles. The fourth-order valence-corrected chi connectivity index (χ4v) is 0. The van der Waals surface area contributed by atoms with Crippen molar-refractivity contribution in [3.8, 4) is 0 Å². The molecule has 0 aliphatic rings. The van der Waals surface area contributed by atoms with E-state index in [1.54, 1.807) is 0 Å². The summed E-state index contributed by atoms with van der Waals surface area (Å²) in [4.78, 5) is 0. The summed E-state index contributed by atoms with van der Waals surface area (Å²) in [7, 11) is 0. The SMILES string of the molecule is [F][GeH][F].[F][GeH][F]. The van der Waals surface area contributed by atoms with Crippen molar-refractivity contribution in [2.75, 3.05) is 0 Å². The van der Waals surface area contributed by atoms with Crippen molar-refractivity contribution < 1.29 is 14.0 Å². The molecule has 0 amide bonds. The Morgan fingerprint density at radius 1 is 0.667 bits per heavy atom. The second kappa shape index (κ2) is 17.0. The van der Waals surface area contributed by atoms with Gasteiger partial charge in [-0.15, -0.1) is 0 Å². The Bertz CT molecular complexity index is 7.51. The quantitative estimate of drug-likeness (QED) is 0.411. The van der Waals surface area contributed by atoms with Gasteiger partial charge >= 0.3 is 46.7 Å². The van der Waals surface area contributed by atoms with Gasteiger partial charge in [-0.1, -0.05) is 0 Å². The monoisotopic (exact) mass is 226 g/mol. The zero-order chi connectivity index (χ0) is 5.41. The second-order valence-corrected chi connectivity index (χ2v) is 0.857. The molecule has 0 N–H and O–H groups in total. The van der Waals surface area contributed by atoms with Gasteiger partial charge in [0.1, 0.15) is 0 Å². The molecule has 0 atom stereocenters.